The van der Waals surface area contributed by atoms with Crippen LogP contribution >= 0.6 is 0 Å². The second-order valence-electron chi connectivity index (χ2n) is 7.36. The molecule has 142 valence electrons. The van der Waals surface area contributed by atoms with Gasteiger partial charge in [0.25, 0.3) is 0 Å². The molecule has 0 fully saturated rings. The van der Waals surface area contributed by atoms with Crippen molar-refractivity contribution in [2.45, 2.75) is 85.4 Å². The molecular formula is C19H40O3Si2. The Bertz CT molecular complexity index is 363. The second-order valence-corrected chi connectivity index (χ2v) is 13.6. The summed E-state index contributed by atoms with van der Waals surface area (Å²) in [5.41, 5.74) is 3.73. The van der Waals surface area contributed by atoms with Crippen LogP contribution in [0.2, 0.25) is 13.1 Å². The molecule has 3 unspecified atom stereocenters. The van der Waals surface area contributed by atoms with Crippen LogP contribution in [0.5, 0.6) is 0 Å². The van der Waals surface area contributed by atoms with Gasteiger partial charge in [0.05, 0.1) is 0 Å². The lowest BCUT2D eigenvalue weighted by atomic mass is 10.1. The summed E-state index contributed by atoms with van der Waals surface area (Å²) in [7, 11) is -4.89. The fourth-order valence-electron chi connectivity index (χ4n) is 2.74. The standard InChI is InChI=1S/C19H40O3Si2/c1-9-12-13-14-15-16-20-23(7,10-2)22-24(8,11-3)21-19(6)17-18(4)5/h10-11,18-19H,2-3,9,12-17H2,1,4-8H3. The lowest BCUT2D eigenvalue weighted by Gasteiger charge is -2.35. The molecule has 0 aliphatic carbocycles. The van der Waals surface area contributed by atoms with Gasteiger partial charge in [-0.15, -0.1) is 13.2 Å². The van der Waals surface area contributed by atoms with Crippen molar-refractivity contribution in [3.63, 3.8) is 0 Å². The third kappa shape index (κ3) is 10.6. The van der Waals surface area contributed by atoms with Crippen molar-refractivity contribution < 1.29 is 13.0 Å². The number of hydrogen-bond acceptors (Lipinski definition) is 3. The van der Waals surface area contributed by atoms with Crippen LogP contribution in [0, 0.1) is 5.92 Å². The summed E-state index contributed by atoms with van der Waals surface area (Å²) in [6.45, 7) is 21.5. The highest BCUT2D eigenvalue weighted by Gasteiger charge is 2.40. The quantitative estimate of drug-likeness (QED) is 0.259. The molecule has 0 rings (SSSR count). The summed E-state index contributed by atoms with van der Waals surface area (Å²) in [6.07, 6.45) is 7.32. The highest BCUT2D eigenvalue weighted by molar-refractivity contribution is 6.84. The largest absolute Gasteiger partial charge is 0.409 e. The molecule has 0 N–H and O–H groups in total. The first-order valence-corrected chi connectivity index (χ1v) is 14.3. The van der Waals surface area contributed by atoms with Gasteiger partial charge < -0.3 is 13.0 Å². The van der Waals surface area contributed by atoms with E-state index in [4.69, 9.17) is 13.0 Å². The minimum absolute atomic E-state index is 0.164. The van der Waals surface area contributed by atoms with E-state index in [0.717, 1.165) is 19.4 Å². The molecule has 24 heavy (non-hydrogen) atoms. The molecule has 0 heterocycles. The fraction of sp³-hybridized carbons (Fsp3) is 0.789. The monoisotopic (exact) mass is 372 g/mol. The summed E-state index contributed by atoms with van der Waals surface area (Å²) >= 11 is 0. The maximum absolute atomic E-state index is 6.40. The molecule has 0 bridgehead atoms. The lowest BCUT2D eigenvalue weighted by molar-refractivity contribution is 0.139. The Morgan fingerprint density at radius 3 is 2.00 bits per heavy atom. The van der Waals surface area contributed by atoms with Gasteiger partial charge in [0.2, 0.25) is 0 Å². The number of unbranched alkanes of at least 4 members (excludes halogenated alkanes) is 4. The zero-order valence-corrected chi connectivity index (χ0v) is 18.9. The number of hydrogen-bond donors (Lipinski definition) is 0. The Balaban J connectivity index is 4.54. The summed E-state index contributed by atoms with van der Waals surface area (Å²) in [4.78, 5) is 0. The van der Waals surface area contributed by atoms with Crippen molar-refractivity contribution >= 4 is 17.1 Å². The number of rotatable bonds is 15. The average Bonchev–Trinajstić information content (AvgIpc) is 2.49. The fourth-order valence-corrected chi connectivity index (χ4v) is 8.71. The molecule has 0 saturated heterocycles. The Kier molecular flexibility index (Phi) is 12.1. The van der Waals surface area contributed by atoms with E-state index in [1.165, 1.54) is 25.7 Å². The minimum atomic E-state index is -2.46. The van der Waals surface area contributed by atoms with Crippen LogP contribution in [-0.2, 0) is 13.0 Å². The van der Waals surface area contributed by atoms with Gasteiger partial charge in [-0.2, -0.15) is 0 Å². The first-order chi connectivity index (χ1) is 11.2. The summed E-state index contributed by atoms with van der Waals surface area (Å²) in [5, 5.41) is 0. The molecule has 0 saturated carbocycles. The van der Waals surface area contributed by atoms with E-state index in [1.54, 1.807) is 0 Å². The Labute approximate surface area is 153 Å². The Morgan fingerprint density at radius 1 is 0.917 bits per heavy atom. The third-order valence-electron chi connectivity index (χ3n) is 4.02. The topological polar surface area (TPSA) is 27.7 Å². The van der Waals surface area contributed by atoms with Gasteiger partial charge in [-0.05, 0) is 38.8 Å². The summed E-state index contributed by atoms with van der Waals surface area (Å²) in [5.74, 6) is 0.602. The average molecular weight is 373 g/mol. The van der Waals surface area contributed by atoms with E-state index in [-0.39, 0.29) is 6.10 Å². The molecule has 0 aromatic carbocycles. The van der Waals surface area contributed by atoms with E-state index in [9.17, 15) is 0 Å². The molecular weight excluding hydrogens is 332 g/mol. The molecule has 3 atom stereocenters. The highest BCUT2D eigenvalue weighted by Crippen LogP contribution is 2.22. The van der Waals surface area contributed by atoms with E-state index in [0.29, 0.717) is 5.92 Å². The molecule has 0 aromatic heterocycles. The lowest BCUT2D eigenvalue weighted by Crippen LogP contribution is -2.51. The van der Waals surface area contributed by atoms with E-state index in [2.05, 4.69) is 53.9 Å². The SMILES string of the molecule is C=C[Si](C)(OCCCCCCC)O[Si](C)(C=C)OC(C)CC(C)C. The highest BCUT2D eigenvalue weighted by atomic mass is 28.5. The summed E-state index contributed by atoms with van der Waals surface area (Å²) < 4.78 is 18.8. The Morgan fingerprint density at radius 2 is 1.50 bits per heavy atom. The predicted molar refractivity (Wildman–Crippen MR) is 109 cm³/mol. The van der Waals surface area contributed by atoms with Crippen molar-refractivity contribution in [3.8, 4) is 0 Å². The van der Waals surface area contributed by atoms with Crippen molar-refractivity contribution in [1.29, 1.82) is 0 Å². The first-order valence-electron chi connectivity index (χ1n) is 9.49. The second kappa shape index (κ2) is 12.2. The van der Waals surface area contributed by atoms with Crippen LogP contribution in [0.3, 0.4) is 0 Å². The molecule has 5 heteroatoms. The van der Waals surface area contributed by atoms with Crippen molar-refractivity contribution in [2.75, 3.05) is 6.61 Å². The maximum Gasteiger partial charge on any atom is 0.352 e. The molecule has 0 aromatic rings. The predicted octanol–water partition coefficient (Wildman–Crippen LogP) is 6.04. The van der Waals surface area contributed by atoms with Gasteiger partial charge in [-0.3, -0.25) is 0 Å². The molecule has 0 aliphatic rings. The van der Waals surface area contributed by atoms with Crippen molar-refractivity contribution in [1.82, 2.24) is 0 Å². The van der Waals surface area contributed by atoms with Gasteiger partial charge >= 0.3 is 17.1 Å². The van der Waals surface area contributed by atoms with Gasteiger partial charge in [0.15, 0.2) is 0 Å². The van der Waals surface area contributed by atoms with Crippen LogP contribution in [0.1, 0.15) is 66.2 Å². The van der Waals surface area contributed by atoms with Gasteiger partial charge in [-0.1, -0.05) is 57.9 Å². The van der Waals surface area contributed by atoms with E-state index in [1.807, 2.05) is 11.4 Å². The normalized spacial score (nSPS) is 18.0. The first kappa shape index (κ1) is 23.8. The molecule has 0 spiro atoms. The minimum Gasteiger partial charge on any atom is -0.409 e. The van der Waals surface area contributed by atoms with E-state index < -0.39 is 17.1 Å². The summed E-state index contributed by atoms with van der Waals surface area (Å²) in [6, 6.07) is 0. The zero-order chi connectivity index (χ0) is 18.6. The van der Waals surface area contributed by atoms with Gasteiger partial charge in [0.1, 0.15) is 0 Å². The molecule has 0 amide bonds. The smallest absolute Gasteiger partial charge is 0.352 e. The van der Waals surface area contributed by atoms with Gasteiger partial charge in [-0.25, -0.2) is 0 Å². The zero-order valence-electron chi connectivity index (χ0n) is 16.9. The Hall–Kier alpha value is -0.206. The van der Waals surface area contributed by atoms with Crippen LogP contribution in [0.15, 0.2) is 24.6 Å². The van der Waals surface area contributed by atoms with Crippen molar-refractivity contribution in [2.24, 2.45) is 5.92 Å². The van der Waals surface area contributed by atoms with Crippen molar-refractivity contribution in [3.05, 3.63) is 24.6 Å². The molecule has 0 radical (unpaired) electrons. The van der Waals surface area contributed by atoms with Crippen LogP contribution in [-0.4, -0.2) is 29.8 Å². The van der Waals surface area contributed by atoms with Crippen LogP contribution in [0.25, 0.3) is 0 Å². The molecule has 3 nitrogen and oxygen atoms in total. The van der Waals surface area contributed by atoms with Crippen LogP contribution in [0.4, 0.5) is 0 Å². The van der Waals surface area contributed by atoms with Gasteiger partial charge in [0, 0.05) is 12.7 Å². The van der Waals surface area contributed by atoms with E-state index >= 15 is 0 Å². The molecule has 0 aliphatic heterocycles. The van der Waals surface area contributed by atoms with Crippen LogP contribution < -0.4 is 0 Å². The third-order valence-corrected chi connectivity index (χ3v) is 10.4. The maximum atomic E-state index is 6.40.